The number of ether oxygens (including phenoxy) is 1. The van der Waals surface area contributed by atoms with Gasteiger partial charge in [-0.05, 0) is 37.8 Å². The van der Waals surface area contributed by atoms with E-state index in [2.05, 4.69) is 22.5 Å². The molecule has 1 unspecified atom stereocenters. The molecule has 2 rings (SSSR count). The number of hydrogen-bond donors (Lipinski definition) is 2. The number of nitrogens with zero attached hydrogens (tertiary/aromatic N) is 1. The van der Waals surface area contributed by atoms with E-state index in [1.807, 2.05) is 6.07 Å². The Morgan fingerprint density at radius 1 is 1.50 bits per heavy atom. The lowest BCUT2D eigenvalue weighted by Gasteiger charge is -2.10. The Morgan fingerprint density at radius 3 is 3.15 bits per heavy atom. The van der Waals surface area contributed by atoms with Crippen molar-refractivity contribution in [1.82, 2.24) is 10.3 Å². The Labute approximate surface area is 120 Å². The molecule has 1 saturated heterocycles. The van der Waals surface area contributed by atoms with Crippen LogP contribution in [0.1, 0.15) is 43.1 Å². The van der Waals surface area contributed by atoms with E-state index in [0.717, 1.165) is 44.5 Å². The van der Waals surface area contributed by atoms with Crippen LogP contribution >= 0.6 is 0 Å². The summed E-state index contributed by atoms with van der Waals surface area (Å²) >= 11 is 0. The molecule has 1 aromatic rings. The number of carbonyl (C=O) groups is 1. The molecule has 1 aliphatic heterocycles. The number of carbonyl (C=O) groups excluding carboxylic acids is 1. The SMILES string of the molecule is CCCNc1ccnc(C(=O)NCCC2CCCO2)c1. The van der Waals surface area contributed by atoms with Crippen LogP contribution in [0.5, 0.6) is 0 Å². The maximum Gasteiger partial charge on any atom is 0.269 e. The molecule has 2 heterocycles. The summed E-state index contributed by atoms with van der Waals surface area (Å²) < 4.78 is 5.53. The quantitative estimate of drug-likeness (QED) is 0.802. The predicted molar refractivity (Wildman–Crippen MR) is 78.9 cm³/mol. The Hall–Kier alpha value is -1.62. The molecular formula is C15H23N3O2. The molecule has 0 bridgehead atoms. The van der Waals surface area contributed by atoms with E-state index in [-0.39, 0.29) is 5.91 Å². The monoisotopic (exact) mass is 277 g/mol. The first-order valence-corrected chi connectivity index (χ1v) is 7.39. The summed E-state index contributed by atoms with van der Waals surface area (Å²) in [5.74, 6) is -0.122. The molecule has 0 aliphatic carbocycles. The number of rotatable bonds is 7. The van der Waals surface area contributed by atoms with Gasteiger partial charge in [-0.25, -0.2) is 0 Å². The van der Waals surface area contributed by atoms with Gasteiger partial charge >= 0.3 is 0 Å². The van der Waals surface area contributed by atoms with Crippen LogP contribution in [0.3, 0.4) is 0 Å². The van der Waals surface area contributed by atoms with Crippen molar-refractivity contribution in [2.45, 2.75) is 38.7 Å². The minimum Gasteiger partial charge on any atom is -0.385 e. The first-order valence-electron chi connectivity index (χ1n) is 7.39. The van der Waals surface area contributed by atoms with E-state index in [1.54, 1.807) is 12.3 Å². The zero-order valence-corrected chi connectivity index (χ0v) is 12.0. The van der Waals surface area contributed by atoms with Gasteiger partial charge in [-0.2, -0.15) is 0 Å². The second kappa shape index (κ2) is 7.85. The fraction of sp³-hybridized carbons (Fsp3) is 0.600. The van der Waals surface area contributed by atoms with Crippen molar-refractivity contribution in [1.29, 1.82) is 0 Å². The summed E-state index contributed by atoms with van der Waals surface area (Å²) in [6, 6.07) is 3.66. The lowest BCUT2D eigenvalue weighted by molar-refractivity contribution is 0.0903. The second-order valence-electron chi connectivity index (χ2n) is 5.04. The van der Waals surface area contributed by atoms with Gasteiger partial charge in [0, 0.05) is 31.6 Å². The number of nitrogens with one attached hydrogen (secondary N) is 2. The van der Waals surface area contributed by atoms with Crippen molar-refractivity contribution < 1.29 is 9.53 Å². The molecule has 0 spiro atoms. The third kappa shape index (κ3) is 4.49. The van der Waals surface area contributed by atoms with E-state index >= 15 is 0 Å². The summed E-state index contributed by atoms with van der Waals surface area (Å²) in [6.07, 6.45) is 6.12. The van der Waals surface area contributed by atoms with E-state index in [4.69, 9.17) is 4.74 Å². The largest absolute Gasteiger partial charge is 0.385 e. The standard InChI is InChI=1S/C15H23N3O2/c1-2-7-16-12-5-8-17-14(11-12)15(19)18-9-6-13-4-3-10-20-13/h5,8,11,13H,2-4,6-7,9-10H2,1H3,(H,16,17)(H,18,19). The molecule has 5 nitrogen and oxygen atoms in total. The van der Waals surface area contributed by atoms with E-state index in [1.165, 1.54) is 0 Å². The summed E-state index contributed by atoms with van der Waals surface area (Å²) in [7, 11) is 0. The van der Waals surface area contributed by atoms with Gasteiger partial charge in [-0.1, -0.05) is 6.92 Å². The van der Waals surface area contributed by atoms with Crippen LogP contribution in [0.25, 0.3) is 0 Å². The third-order valence-corrected chi connectivity index (χ3v) is 3.35. The van der Waals surface area contributed by atoms with Crippen LogP contribution < -0.4 is 10.6 Å². The van der Waals surface area contributed by atoms with Gasteiger partial charge in [0.25, 0.3) is 5.91 Å². The van der Waals surface area contributed by atoms with Crippen molar-refractivity contribution in [3.05, 3.63) is 24.0 Å². The van der Waals surface area contributed by atoms with Crippen LogP contribution in [0, 0.1) is 0 Å². The zero-order valence-electron chi connectivity index (χ0n) is 12.0. The highest BCUT2D eigenvalue weighted by Crippen LogP contribution is 2.14. The molecule has 1 aromatic heterocycles. The molecule has 0 saturated carbocycles. The Bertz CT molecular complexity index is 431. The van der Waals surface area contributed by atoms with E-state index < -0.39 is 0 Å². The lowest BCUT2D eigenvalue weighted by Crippen LogP contribution is -2.27. The molecule has 1 atom stereocenters. The molecule has 1 fully saturated rings. The molecular weight excluding hydrogens is 254 g/mol. The van der Waals surface area contributed by atoms with Crippen molar-refractivity contribution in [2.75, 3.05) is 25.0 Å². The van der Waals surface area contributed by atoms with E-state index in [9.17, 15) is 4.79 Å². The Morgan fingerprint density at radius 2 is 2.40 bits per heavy atom. The predicted octanol–water partition coefficient (Wildman–Crippen LogP) is 2.20. The smallest absolute Gasteiger partial charge is 0.269 e. The van der Waals surface area contributed by atoms with Gasteiger partial charge in [0.1, 0.15) is 5.69 Å². The molecule has 0 aromatic carbocycles. The fourth-order valence-electron chi connectivity index (χ4n) is 2.24. The van der Waals surface area contributed by atoms with Gasteiger partial charge in [0.05, 0.1) is 6.10 Å². The average Bonchev–Trinajstić information content (AvgIpc) is 2.98. The van der Waals surface area contributed by atoms with Crippen LogP contribution in [0.2, 0.25) is 0 Å². The molecule has 1 amide bonds. The van der Waals surface area contributed by atoms with Gasteiger partial charge in [-0.3, -0.25) is 9.78 Å². The zero-order chi connectivity index (χ0) is 14.2. The fourth-order valence-corrected chi connectivity index (χ4v) is 2.24. The summed E-state index contributed by atoms with van der Waals surface area (Å²) in [6.45, 7) is 4.49. The first-order chi connectivity index (χ1) is 9.79. The molecule has 1 aliphatic rings. The number of amides is 1. The Kier molecular flexibility index (Phi) is 5.80. The highest BCUT2D eigenvalue weighted by Gasteiger charge is 2.15. The van der Waals surface area contributed by atoms with Crippen LogP contribution in [0.4, 0.5) is 5.69 Å². The minimum absolute atomic E-state index is 0.122. The van der Waals surface area contributed by atoms with Crippen molar-refractivity contribution in [2.24, 2.45) is 0 Å². The molecule has 5 heteroatoms. The number of aromatic nitrogens is 1. The molecule has 2 N–H and O–H groups in total. The average molecular weight is 277 g/mol. The maximum atomic E-state index is 12.0. The highest BCUT2D eigenvalue weighted by molar-refractivity contribution is 5.93. The lowest BCUT2D eigenvalue weighted by atomic mass is 10.2. The van der Waals surface area contributed by atoms with Crippen LogP contribution in [0.15, 0.2) is 18.3 Å². The van der Waals surface area contributed by atoms with Gasteiger partial charge in [0.15, 0.2) is 0 Å². The normalized spacial score (nSPS) is 17.9. The number of anilines is 1. The number of hydrogen-bond acceptors (Lipinski definition) is 4. The van der Waals surface area contributed by atoms with E-state index in [0.29, 0.717) is 18.3 Å². The Balaban J connectivity index is 1.78. The van der Waals surface area contributed by atoms with Crippen molar-refractivity contribution in [3.63, 3.8) is 0 Å². The molecule has 20 heavy (non-hydrogen) atoms. The van der Waals surface area contributed by atoms with Gasteiger partial charge < -0.3 is 15.4 Å². The molecule has 110 valence electrons. The summed E-state index contributed by atoms with van der Waals surface area (Å²) in [5.41, 5.74) is 1.39. The summed E-state index contributed by atoms with van der Waals surface area (Å²) in [4.78, 5) is 16.1. The second-order valence-corrected chi connectivity index (χ2v) is 5.04. The van der Waals surface area contributed by atoms with Gasteiger partial charge in [-0.15, -0.1) is 0 Å². The van der Waals surface area contributed by atoms with Crippen LogP contribution in [-0.4, -0.2) is 36.7 Å². The van der Waals surface area contributed by atoms with Gasteiger partial charge in [0.2, 0.25) is 0 Å². The van der Waals surface area contributed by atoms with Crippen molar-refractivity contribution in [3.8, 4) is 0 Å². The van der Waals surface area contributed by atoms with Crippen LogP contribution in [-0.2, 0) is 4.74 Å². The minimum atomic E-state index is -0.122. The third-order valence-electron chi connectivity index (χ3n) is 3.35. The summed E-state index contributed by atoms with van der Waals surface area (Å²) in [5, 5.41) is 6.15. The van der Waals surface area contributed by atoms with Crippen molar-refractivity contribution >= 4 is 11.6 Å². The first kappa shape index (κ1) is 14.8. The topological polar surface area (TPSA) is 63.2 Å². The number of pyridine rings is 1. The molecule has 0 radical (unpaired) electrons. The maximum absolute atomic E-state index is 12.0. The highest BCUT2D eigenvalue weighted by atomic mass is 16.5.